The molecule has 0 aliphatic heterocycles. The van der Waals surface area contributed by atoms with Crippen LogP contribution < -0.4 is 17.0 Å². The van der Waals surface area contributed by atoms with Gasteiger partial charge in [-0.2, -0.15) is 0 Å². The Balaban J connectivity index is 2.23. The number of aromatic amines is 1. The van der Waals surface area contributed by atoms with Gasteiger partial charge in [0.05, 0.1) is 10.6 Å². The maximum atomic E-state index is 11.2. The van der Waals surface area contributed by atoms with Crippen molar-refractivity contribution in [1.82, 2.24) is 14.8 Å². The van der Waals surface area contributed by atoms with Crippen molar-refractivity contribution in [3.8, 4) is 0 Å². The Hall–Kier alpha value is -2.33. The predicted octanol–water partition coefficient (Wildman–Crippen LogP) is 0.595. The van der Waals surface area contributed by atoms with Gasteiger partial charge in [-0.25, -0.2) is 9.89 Å². The number of rotatable bonds is 5. The molecule has 0 saturated heterocycles. The molecule has 2 aromatic rings. The van der Waals surface area contributed by atoms with Crippen molar-refractivity contribution in [2.75, 3.05) is 5.43 Å². The third-order valence-electron chi connectivity index (χ3n) is 2.65. The molecule has 0 saturated carbocycles. The number of hydrogen-bond donors (Lipinski definition) is 3. The minimum atomic E-state index is -0.473. The van der Waals surface area contributed by atoms with E-state index >= 15 is 0 Å². The van der Waals surface area contributed by atoms with E-state index in [0.717, 1.165) is 0 Å². The highest BCUT2D eigenvalue weighted by molar-refractivity contribution is 7.98. The number of anilines is 1. The molecule has 10 heteroatoms. The van der Waals surface area contributed by atoms with Crippen LogP contribution in [0.2, 0.25) is 0 Å². The van der Waals surface area contributed by atoms with E-state index in [9.17, 15) is 14.9 Å². The van der Waals surface area contributed by atoms with Gasteiger partial charge >= 0.3 is 5.69 Å². The topological polar surface area (TPSA) is 132 Å². The van der Waals surface area contributed by atoms with E-state index in [1.807, 2.05) is 0 Å². The first-order valence-corrected chi connectivity index (χ1v) is 6.49. The summed E-state index contributed by atoms with van der Waals surface area (Å²) in [6.45, 7) is 0. The molecule has 0 unspecified atom stereocenters. The van der Waals surface area contributed by atoms with Gasteiger partial charge in [0.2, 0.25) is 0 Å². The maximum Gasteiger partial charge on any atom is 0.343 e. The summed E-state index contributed by atoms with van der Waals surface area (Å²) in [6.07, 6.45) is 0. The fourth-order valence-corrected chi connectivity index (χ4v) is 2.47. The summed E-state index contributed by atoms with van der Waals surface area (Å²) >= 11 is 1.27. The summed E-state index contributed by atoms with van der Waals surface area (Å²) in [5, 5.41) is 17.4. The molecule has 20 heavy (non-hydrogen) atoms. The number of hydrogen-bond acceptors (Lipinski definition) is 7. The highest BCUT2D eigenvalue weighted by Gasteiger charge is 2.12. The Morgan fingerprint density at radius 1 is 1.60 bits per heavy atom. The summed E-state index contributed by atoms with van der Waals surface area (Å²) in [5.41, 5.74) is 3.39. The molecule has 0 spiro atoms. The van der Waals surface area contributed by atoms with Gasteiger partial charge in [0.1, 0.15) is 0 Å². The Morgan fingerprint density at radius 2 is 2.35 bits per heavy atom. The maximum absolute atomic E-state index is 11.2. The third kappa shape index (κ3) is 2.81. The van der Waals surface area contributed by atoms with Crippen molar-refractivity contribution in [3.05, 3.63) is 44.4 Å². The molecule has 0 bridgehead atoms. The fraction of sp³-hybridized carbons (Fsp3) is 0.200. The van der Waals surface area contributed by atoms with Gasteiger partial charge in [-0.1, -0.05) is 11.8 Å². The monoisotopic (exact) mass is 296 g/mol. The summed E-state index contributed by atoms with van der Waals surface area (Å²) in [5.74, 6) is 5.76. The zero-order chi connectivity index (χ0) is 14.7. The summed E-state index contributed by atoms with van der Waals surface area (Å²) < 4.78 is 1.36. The second kappa shape index (κ2) is 5.75. The first-order valence-electron chi connectivity index (χ1n) is 5.51. The van der Waals surface area contributed by atoms with E-state index < -0.39 is 4.92 Å². The van der Waals surface area contributed by atoms with E-state index in [4.69, 9.17) is 5.84 Å². The number of benzene rings is 1. The summed E-state index contributed by atoms with van der Waals surface area (Å²) in [4.78, 5) is 21.5. The molecule has 106 valence electrons. The van der Waals surface area contributed by atoms with Crippen LogP contribution in [0.15, 0.2) is 28.2 Å². The minimum Gasteiger partial charge on any atom is -0.324 e. The molecule has 4 N–H and O–H groups in total. The van der Waals surface area contributed by atoms with Crippen LogP contribution in [0.4, 0.5) is 11.4 Å². The Kier molecular flexibility index (Phi) is 4.05. The highest BCUT2D eigenvalue weighted by Crippen LogP contribution is 2.27. The van der Waals surface area contributed by atoms with Crippen LogP contribution in [0, 0.1) is 10.1 Å². The Labute approximate surface area is 117 Å². The lowest BCUT2D eigenvalue weighted by molar-refractivity contribution is -0.384. The minimum absolute atomic E-state index is 0.0180. The van der Waals surface area contributed by atoms with Gasteiger partial charge in [0.15, 0.2) is 5.16 Å². The van der Waals surface area contributed by atoms with Crippen molar-refractivity contribution in [1.29, 1.82) is 0 Å². The average molecular weight is 296 g/mol. The third-order valence-corrected chi connectivity index (χ3v) is 3.73. The molecule has 1 aromatic carbocycles. The van der Waals surface area contributed by atoms with Crippen molar-refractivity contribution in [3.63, 3.8) is 0 Å². The normalized spacial score (nSPS) is 10.5. The molecule has 0 aliphatic rings. The Bertz CT molecular complexity index is 695. The van der Waals surface area contributed by atoms with Crippen molar-refractivity contribution >= 4 is 23.1 Å². The van der Waals surface area contributed by atoms with Gasteiger partial charge < -0.3 is 5.43 Å². The van der Waals surface area contributed by atoms with Crippen LogP contribution >= 0.6 is 11.8 Å². The van der Waals surface area contributed by atoms with Crippen LogP contribution in [-0.4, -0.2) is 19.7 Å². The molecule has 1 heterocycles. The van der Waals surface area contributed by atoms with E-state index in [2.05, 4.69) is 15.6 Å². The molecule has 0 radical (unpaired) electrons. The second-order valence-corrected chi connectivity index (χ2v) is 4.84. The molecular weight excluding hydrogens is 284 g/mol. The van der Waals surface area contributed by atoms with Crippen LogP contribution in [0.3, 0.4) is 0 Å². The number of nitro benzene ring substituents is 1. The van der Waals surface area contributed by atoms with Crippen molar-refractivity contribution in [2.45, 2.75) is 10.9 Å². The number of H-pyrrole nitrogens is 1. The molecule has 0 amide bonds. The average Bonchev–Trinajstić information content (AvgIpc) is 2.76. The fourth-order valence-electron chi connectivity index (χ4n) is 1.56. The van der Waals surface area contributed by atoms with Crippen molar-refractivity contribution in [2.24, 2.45) is 12.9 Å². The van der Waals surface area contributed by atoms with Crippen LogP contribution in [0.5, 0.6) is 0 Å². The number of nitrogens with two attached hydrogens (primary N) is 1. The van der Waals surface area contributed by atoms with Crippen molar-refractivity contribution < 1.29 is 4.92 Å². The molecule has 2 rings (SSSR count). The van der Waals surface area contributed by atoms with E-state index in [0.29, 0.717) is 22.2 Å². The largest absolute Gasteiger partial charge is 0.343 e. The van der Waals surface area contributed by atoms with Gasteiger partial charge in [-0.15, -0.1) is 5.10 Å². The summed E-state index contributed by atoms with van der Waals surface area (Å²) in [7, 11) is 1.59. The number of nitrogens with one attached hydrogen (secondary N) is 2. The molecule has 0 atom stereocenters. The number of non-ortho nitro benzene ring substituents is 1. The number of nitro groups is 1. The number of thioether (sulfide) groups is 1. The number of aromatic nitrogens is 3. The van der Waals surface area contributed by atoms with Gasteiger partial charge in [0, 0.05) is 24.9 Å². The number of nitrogen functional groups attached to an aromatic ring is 1. The first-order chi connectivity index (χ1) is 9.52. The number of hydrazine groups is 1. The summed E-state index contributed by atoms with van der Waals surface area (Å²) in [6, 6.07) is 4.35. The quantitative estimate of drug-likeness (QED) is 0.318. The van der Waals surface area contributed by atoms with E-state index in [1.54, 1.807) is 7.05 Å². The van der Waals surface area contributed by atoms with Gasteiger partial charge in [-0.3, -0.25) is 20.5 Å². The first kappa shape index (κ1) is 14.1. The van der Waals surface area contributed by atoms with Crippen LogP contribution in [-0.2, 0) is 12.8 Å². The lowest BCUT2D eigenvalue weighted by Gasteiger charge is -2.08. The zero-order valence-electron chi connectivity index (χ0n) is 10.5. The lowest BCUT2D eigenvalue weighted by Crippen LogP contribution is -2.13. The standard InChI is InChI=1S/C10H12N6O3S/c1-15-9(17)13-14-10(15)20-5-6-4-7(16(18)19)2-3-8(6)12-11/h2-4,12H,5,11H2,1H3,(H,13,17). The second-order valence-electron chi connectivity index (χ2n) is 3.90. The number of nitrogens with zero attached hydrogens (tertiary/aromatic N) is 3. The lowest BCUT2D eigenvalue weighted by atomic mass is 10.2. The van der Waals surface area contributed by atoms with E-state index in [-0.39, 0.29) is 11.4 Å². The predicted molar refractivity (Wildman–Crippen MR) is 74.3 cm³/mol. The molecule has 0 aliphatic carbocycles. The van der Waals surface area contributed by atoms with E-state index in [1.165, 1.54) is 34.5 Å². The Morgan fingerprint density at radius 3 is 2.90 bits per heavy atom. The zero-order valence-corrected chi connectivity index (χ0v) is 11.3. The SMILES string of the molecule is Cn1c(SCc2cc([N+](=O)[O-])ccc2NN)n[nH]c1=O. The molecule has 9 nitrogen and oxygen atoms in total. The molecule has 1 aromatic heterocycles. The smallest absolute Gasteiger partial charge is 0.324 e. The van der Waals surface area contributed by atoms with Crippen LogP contribution in [0.25, 0.3) is 0 Å². The molecule has 0 fully saturated rings. The highest BCUT2D eigenvalue weighted by atomic mass is 32.2. The van der Waals surface area contributed by atoms with Gasteiger partial charge in [0.25, 0.3) is 5.69 Å². The molecular formula is C10H12N6O3S. The van der Waals surface area contributed by atoms with Crippen LogP contribution in [0.1, 0.15) is 5.56 Å². The van der Waals surface area contributed by atoms with Gasteiger partial charge in [-0.05, 0) is 11.6 Å².